The van der Waals surface area contributed by atoms with E-state index in [1.807, 2.05) is 0 Å². The Balaban J connectivity index is 1.04. The summed E-state index contributed by atoms with van der Waals surface area (Å²) >= 11 is 0. The predicted molar refractivity (Wildman–Crippen MR) is 123 cm³/mol. The van der Waals surface area contributed by atoms with Crippen molar-refractivity contribution in [1.82, 2.24) is 9.80 Å². The summed E-state index contributed by atoms with van der Waals surface area (Å²) in [5, 5.41) is 0. The van der Waals surface area contributed by atoms with Crippen molar-refractivity contribution in [3.8, 4) is 0 Å². The van der Waals surface area contributed by atoms with E-state index >= 15 is 0 Å². The molecular weight excluding hydrogens is 376 g/mol. The van der Waals surface area contributed by atoms with Crippen molar-refractivity contribution < 1.29 is 14.2 Å². The van der Waals surface area contributed by atoms with E-state index in [2.05, 4.69) is 51.3 Å². The lowest BCUT2D eigenvalue weighted by Gasteiger charge is -2.62. The highest BCUT2D eigenvalue weighted by Crippen LogP contribution is 2.51. The largest absolute Gasteiger partial charge is 0.381 e. The summed E-state index contributed by atoms with van der Waals surface area (Å²) in [7, 11) is 0. The van der Waals surface area contributed by atoms with Gasteiger partial charge in [0.1, 0.15) is 0 Å². The molecule has 0 N–H and O–H groups in total. The first kappa shape index (κ1) is 24.4. The van der Waals surface area contributed by atoms with Gasteiger partial charge in [-0.25, -0.2) is 0 Å². The average molecular weight is 425 g/mol. The number of nitrogens with zero attached hydrogens (tertiary/aromatic N) is 2. The Hall–Kier alpha value is -0.200. The molecule has 30 heavy (non-hydrogen) atoms. The Morgan fingerprint density at radius 3 is 1.63 bits per heavy atom. The maximum absolute atomic E-state index is 6.06. The minimum absolute atomic E-state index is 0.281. The number of hydrogen-bond donors (Lipinski definition) is 0. The van der Waals surface area contributed by atoms with E-state index in [9.17, 15) is 0 Å². The lowest BCUT2D eigenvalue weighted by atomic mass is 9.61. The zero-order chi connectivity index (χ0) is 21.8. The van der Waals surface area contributed by atoms with Crippen LogP contribution in [0.1, 0.15) is 80.1 Å². The normalized spacial score (nSPS) is 23.4. The van der Waals surface area contributed by atoms with Crippen molar-refractivity contribution >= 4 is 0 Å². The third-order valence-corrected chi connectivity index (χ3v) is 7.19. The fourth-order valence-electron chi connectivity index (χ4n) is 4.83. The topological polar surface area (TPSA) is 34.2 Å². The summed E-state index contributed by atoms with van der Waals surface area (Å²) in [6, 6.07) is 0. The second-order valence-electron chi connectivity index (χ2n) is 12.0. The first-order valence-electron chi connectivity index (χ1n) is 12.4. The van der Waals surface area contributed by atoms with Gasteiger partial charge >= 0.3 is 0 Å². The Bertz CT molecular complexity index is 505. The van der Waals surface area contributed by atoms with Crippen LogP contribution in [0.25, 0.3) is 0 Å². The van der Waals surface area contributed by atoms with Gasteiger partial charge in [-0.3, -0.25) is 9.80 Å². The van der Waals surface area contributed by atoms with Crippen LogP contribution in [0.3, 0.4) is 0 Å². The second-order valence-corrected chi connectivity index (χ2v) is 12.0. The van der Waals surface area contributed by atoms with Crippen LogP contribution in [0.2, 0.25) is 0 Å². The molecule has 5 heteroatoms. The first-order chi connectivity index (χ1) is 14.1. The number of ether oxygens (including phenoxy) is 3. The Kier molecular flexibility index (Phi) is 8.28. The van der Waals surface area contributed by atoms with Gasteiger partial charge in [0.2, 0.25) is 0 Å². The lowest BCUT2D eigenvalue weighted by molar-refractivity contribution is -0.172. The van der Waals surface area contributed by atoms with Crippen molar-refractivity contribution in [2.24, 2.45) is 5.41 Å². The third-order valence-electron chi connectivity index (χ3n) is 7.19. The van der Waals surface area contributed by atoms with Crippen LogP contribution in [0.4, 0.5) is 0 Å². The minimum Gasteiger partial charge on any atom is -0.381 e. The maximum Gasteiger partial charge on any atom is 0.0829 e. The third kappa shape index (κ3) is 6.90. The molecule has 0 unspecified atom stereocenters. The van der Waals surface area contributed by atoms with E-state index in [-0.39, 0.29) is 5.54 Å². The Labute approximate surface area is 185 Å². The van der Waals surface area contributed by atoms with Crippen molar-refractivity contribution in [2.75, 3.05) is 52.6 Å². The molecule has 0 bridgehead atoms. The monoisotopic (exact) mass is 424 g/mol. The summed E-state index contributed by atoms with van der Waals surface area (Å²) in [6.45, 7) is 22.0. The summed E-state index contributed by atoms with van der Waals surface area (Å²) in [4.78, 5) is 5.07. The maximum atomic E-state index is 6.06. The van der Waals surface area contributed by atoms with Crippen LogP contribution >= 0.6 is 0 Å². The molecule has 3 aliphatic rings. The first-order valence-corrected chi connectivity index (χ1v) is 12.4. The molecule has 3 rings (SSSR count). The van der Waals surface area contributed by atoms with Gasteiger partial charge in [-0.05, 0) is 80.1 Å². The molecule has 5 nitrogen and oxygen atoms in total. The molecule has 0 amide bonds. The molecule has 0 radical (unpaired) electrons. The summed E-state index contributed by atoms with van der Waals surface area (Å²) in [5.41, 5.74) is 1.20. The molecule has 176 valence electrons. The molecule has 0 aromatic heterocycles. The standard InChI is InChI=1S/C25H48N2O3/c1-23(2,3)26-17-22(18-26)30-14-10-8-12-28-11-7-9-13-29-21-15-25(16-21)19-27(20-25)24(4,5)6/h21-22H,7-20H2,1-6H3. The quantitative estimate of drug-likeness (QED) is 0.435. The van der Waals surface area contributed by atoms with Crippen LogP contribution in [0.15, 0.2) is 0 Å². The van der Waals surface area contributed by atoms with Crippen molar-refractivity contribution in [1.29, 1.82) is 0 Å². The van der Waals surface area contributed by atoms with Crippen LogP contribution in [0, 0.1) is 5.41 Å². The van der Waals surface area contributed by atoms with Gasteiger partial charge in [0.25, 0.3) is 0 Å². The molecule has 2 saturated heterocycles. The van der Waals surface area contributed by atoms with E-state index < -0.39 is 0 Å². The highest BCUT2D eigenvalue weighted by molar-refractivity contribution is 5.07. The van der Waals surface area contributed by atoms with Gasteiger partial charge < -0.3 is 14.2 Å². The highest BCUT2D eigenvalue weighted by atomic mass is 16.5. The van der Waals surface area contributed by atoms with E-state index in [0.717, 1.165) is 65.2 Å². The van der Waals surface area contributed by atoms with Gasteiger partial charge in [0, 0.05) is 69.1 Å². The molecule has 1 aliphatic carbocycles. The van der Waals surface area contributed by atoms with Crippen LogP contribution < -0.4 is 0 Å². The molecule has 0 aromatic carbocycles. The van der Waals surface area contributed by atoms with Crippen molar-refractivity contribution in [3.63, 3.8) is 0 Å². The lowest BCUT2D eigenvalue weighted by Crippen LogP contribution is -2.68. The van der Waals surface area contributed by atoms with Crippen LogP contribution in [-0.4, -0.2) is 85.7 Å². The molecule has 2 aliphatic heterocycles. The second kappa shape index (κ2) is 10.2. The summed E-state index contributed by atoms with van der Waals surface area (Å²) < 4.78 is 17.8. The van der Waals surface area contributed by atoms with E-state index in [4.69, 9.17) is 14.2 Å². The van der Waals surface area contributed by atoms with Gasteiger partial charge in [0.15, 0.2) is 0 Å². The summed E-state index contributed by atoms with van der Waals surface area (Å²) in [6.07, 6.45) is 7.92. The fourth-order valence-corrected chi connectivity index (χ4v) is 4.83. The zero-order valence-electron chi connectivity index (χ0n) is 20.7. The number of rotatable bonds is 12. The van der Waals surface area contributed by atoms with E-state index in [1.165, 1.54) is 25.9 Å². The molecule has 1 spiro atoms. The molecule has 3 fully saturated rings. The van der Waals surface area contributed by atoms with Gasteiger partial charge in [-0.15, -0.1) is 0 Å². The molecule has 0 atom stereocenters. The van der Waals surface area contributed by atoms with Crippen molar-refractivity contribution in [2.45, 2.75) is 103 Å². The fraction of sp³-hybridized carbons (Fsp3) is 1.00. The molecule has 0 aromatic rings. The van der Waals surface area contributed by atoms with Gasteiger partial charge in [-0.1, -0.05) is 0 Å². The predicted octanol–water partition coefficient (Wildman–Crippen LogP) is 4.34. The van der Waals surface area contributed by atoms with E-state index in [0.29, 0.717) is 23.2 Å². The smallest absolute Gasteiger partial charge is 0.0829 e. The number of unbranched alkanes of at least 4 members (excludes halogenated alkanes) is 2. The molecule has 1 saturated carbocycles. The average Bonchev–Trinajstić information content (AvgIpc) is 2.51. The van der Waals surface area contributed by atoms with E-state index in [1.54, 1.807) is 0 Å². The number of hydrogen-bond acceptors (Lipinski definition) is 5. The minimum atomic E-state index is 0.281. The van der Waals surface area contributed by atoms with Crippen LogP contribution in [-0.2, 0) is 14.2 Å². The number of likely N-dealkylation sites (tertiary alicyclic amines) is 2. The Morgan fingerprint density at radius 1 is 0.667 bits per heavy atom. The Morgan fingerprint density at radius 2 is 1.13 bits per heavy atom. The zero-order valence-corrected chi connectivity index (χ0v) is 20.7. The molecule has 2 heterocycles. The SMILES string of the molecule is CC(C)(C)N1CC(OCCCCOCCCCOC2CC3(C2)CN(C(C)(C)C)C3)C1. The van der Waals surface area contributed by atoms with Crippen LogP contribution in [0.5, 0.6) is 0 Å². The van der Waals surface area contributed by atoms with Gasteiger partial charge in [-0.2, -0.15) is 0 Å². The molecular formula is C25H48N2O3. The van der Waals surface area contributed by atoms with Crippen molar-refractivity contribution in [3.05, 3.63) is 0 Å². The highest BCUT2D eigenvalue weighted by Gasteiger charge is 2.54. The van der Waals surface area contributed by atoms with Gasteiger partial charge in [0.05, 0.1) is 12.2 Å². The summed E-state index contributed by atoms with van der Waals surface area (Å²) in [5.74, 6) is 0.